The van der Waals surface area contributed by atoms with Crippen molar-refractivity contribution in [2.24, 2.45) is 5.92 Å². The van der Waals surface area contributed by atoms with E-state index >= 15 is 0 Å². The molecule has 0 atom stereocenters. The number of carbonyl (C=O) groups excluding carboxylic acids is 2. The molecule has 0 aromatic heterocycles. The highest BCUT2D eigenvalue weighted by atomic mass is 16.5. The highest BCUT2D eigenvalue weighted by Crippen LogP contribution is 2.17. The van der Waals surface area contributed by atoms with Crippen LogP contribution in [0.1, 0.15) is 12.5 Å². The van der Waals surface area contributed by atoms with E-state index in [4.69, 9.17) is 4.74 Å². The first-order valence-electron chi connectivity index (χ1n) is 5.63. The molecular formula is C13H15NO3. The molecule has 1 heterocycles. The summed E-state index contributed by atoms with van der Waals surface area (Å²) in [6, 6.07) is 9.56. The standard InChI is InChI=1S/C13H15NO3/c1-10(15)14-7-12(8-14)13(16)17-9-11-5-3-2-4-6-11/h2-6,12H,7-9H2,1H3. The van der Waals surface area contributed by atoms with E-state index in [1.807, 2.05) is 30.3 Å². The first-order valence-corrected chi connectivity index (χ1v) is 5.63. The fraction of sp³-hybridized carbons (Fsp3) is 0.385. The SMILES string of the molecule is CC(=O)N1CC(C(=O)OCc2ccccc2)C1. The molecule has 4 heteroatoms. The van der Waals surface area contributed by atoms with Gasteiger partial charge in [0.1, 0.15) is 6.61 Å². The summed E-state index contributed by atoms with van der Waals surface area (Å²) in [6.07, 6.45) is 0. The molecule has 0 radical (unpaired) electrons. The number of hydrogen-bond donors (Lipinski definition) is 0. The molecule has 0 saturated carbocycles. The zero-order valence-corrected chi connectivity index (χ0v) is 9.76. The lowest BCUT2D eigenvalue weighted by Gasteiger charge is -2.36. The Hall–Kier alpha value is -1.84. The number of esters is 1. The van der Waals surface area contributed by atoms with Crippen molar-refractivity contribution < 1.29 is 14.3 Å². The van der Waals surface area contributed by atoms with Crippen molar-refractivity contribution in [3.63, 3.8) is 0 Å². The summed E-state index contributed by atoms with van der Waals surface area (Å²) in [6.45, 7) is 2.79. The number of carbonyl (C=O) groups is 2. The van der Waals surface area contributed by atoms with Crippen molar-refractivity contribution in [2.45, 2.75) is 13.5 Å². The molecule has 0 N–H and O–H groups in total. The third kappa shape index (κ3) is 2.84. The van der Waals surface area contributed by atoms with Gasteiger partial charge in [-0.05, 0) is 5.56 Å². The maximum Gasteiger partial charge on any atom is 0.312 e. The third-order valence-electron chi connectivity index (χ3n) is 2.88. The first-order chi connectivity index (χ1) is 8.16. The lowest BCUT2D eigenvalue weighted by atomic mass is 10.0. The molecule has 1 aromatic carbocycles. The number of likely N-dealkylation sites (tertiary alicyclic amines) is 1. The van der Waals surface area contributed by atoms with Gasteiger partial charge >= 0.3 is 5.97 Å². The molecule has 1 aliphatic heterocycles. The fourth-order valence-electron chi connectivity index (χ4n) is 1.73. The van der Waals surface area contributed by atoms with Gasteiger partial charge in [0.15, 0.2) is 0 Å². The average molecular weight is 233 g/mol. The van der Waals surface area contributed by atoms with E-state index in [9.17, 15) is 9.59 Å². The molecule has 1 aliphatic rings. The van der Waals surface area contributed by atoms with Gasteiger partial charge in [-0.25, -0.2) is 0 Å². The Bertz CT molecular complexity index is 410. The number of benzene rings is 1. The molecule has 17 heavy (non-hydrogen) atoms. The van der Waals surface area contributed by atoms with Crippen LogP contribution in [-0.4, -0.2) is 29.9 Å². The smallest absolute Gasteiger partial charge is 0.312 e. The molecule has 1 amide bonds. The Morgan fingerprint density at radius 2 is 1.94 bits per heavy atom. The quantitative estimate of drug-likeness (QED) is 0.737. The van der Waals surface area contributed by atoms with Gasteiger partial charge in [0.25, 0.3) is 0 Å². The summed E-state index contributed by atoms with van der Waals surface area (Å²) >= 11 is 0. The van der Waals surface area contributed by atoms with Gasteiger partial charge < -0.3 is 9.64 Å². The highest BCUT2D eigenvalue weighted by molar-refractivity contribution is 5.80. The Morgan fingerprint density at radius 1 is 1.29 bits per heavy atom. The minimum absolute atomic E-state index is 0.0112. The number of rotatable bonds is 3. The Kier molecular flexibility index (Phi) is 3.42. The lowest BCUT2D eigenvalue weighted by molar-refractivity contribution is -0.158. The van der Waals surface area contributed by atoms with Gasteiger partial charge in [-0.15, -0.1) is 0 Å². The minimum Gasteiger partial charge on any atom is -0.460 e. The van der Waals surface area contributed by atoms with Crippen LogP contribution in [-0.2, 0) is 20.9 Å². The number of nitrogens with zero attached hydrogens (tertiary/aromatic N) is 1. The highest BCUT2D eigenvalue weighted by Gasteiger charge is 2.35. The fourth-order valence-corrected chi connectivity index (χ4v) is 1.73. The average Bonchev–Trinajstić information content (AvgIpc) is 2.25. The van der Waals surface area contributed by atoms with E-state index in [0.717, 1.165) is 5.56 Å². The number of ether oxygens (including phenoxy) is 1. The predicted octanol–water partition coefficient (Wildman–Crippen LogP) is 1.21. The first kappa shape index (κ1) is 11.6. The van der Waals surface area contributed by atoms with Gasteiger partial charge in [-0.2, -0.15) is 0 Å². The third-order valence-corrected chi connectivity index (χ3v) is 2.88. The Morgan fingerprint density at radius 3 is 2.53 bits per heavy atom. The van der Waals surface area contributed by atoms with Crippen molar-refractivity contribution in [1.82, 2.24) is 4.90 Å². The molecule has 90 valence electrons. The maximum atomic E-state index is 11.6. The summed E-state index contributed by atoms with van der Waals surface area (Å²) < 4.78 is 5.18. The molecule has 1 fully saturated rings. The van der Waals surface area contributed by atoms with Crippen molar-refractivity contribution in [1.29, 1.82) is 0 Å². The van der Waals surface area contributed by atoms with E-state index in [0.29, 0.717) is 19.7 Å². The summed E-state index contributed by atoms with van der Waals surface area (Å²) in [7, 11) is 0. The van der Waals surface area contributed by atoms with E-state index in [1.54, 1.807) is 4.90 Å². The molecular weight excluding hydrogens is 218 g/mol. The van der Waals surface area contributed by atoms with Gasteiger partial charge in [0, 0.05) is 20.0 Å². The van der Waals surface area contributed by atoms with E-state index in [2.05, 4.69) is 0 Å². The number of hydrogen-bond acceptors (Lipinski definition) is 3. The molecule has 0 aliphatic carbocycles. The number of amides is 1. The van der Waals surface area contributed by atoms with E-state index in [-0.39, 0.29) is 17.8 Å². The minimum atomic E-state index is -0.216. The van der Waals surface area contributed by atoms with Crippen LogP contribution in [0.2, 0.25) is 0 Å². The zero-order valence-electron chi connectivity index (χ0n) is 9.76. The molecule has 2 rings (SSSR count). The molecule has 4 nitrogen and oxygen atoms in total. The zero-order chi connectivity index (χ0) is 12.3. The van der Waals surface area contributed by atoms with Crippen LogP contribution in [0, 0.1) is 5.92 Å². The van der Waals surface area contributed by atoms with Crippen LogP contribution in [0.15, 0.2) is 30.3 Å². The lowest BCUT2D eigenvalue weighted by Crippen LogP contribution is -2.52. The van der Waals surface area contributed by atoms with Crippen molar-refractivity contribution in [3.8, 4) is 0 Å². The predicted molar refractivity (Wildman–Crippen MR) is 62.0 cm³/mol. The van der Waals surface area contributed by atoms with Crippen LogP contribution >= 0.6 is 0 Å². The second-order valence-electron chi connectivity index (χ2n) is 4.21. The van der Waals surface area contributed by atoms with Crippen LogP contribution in [0.3, 0.4) is 0 Å². The monoisotopic (exact) mass is 233 g/mol. The maximum absolute atomic E-state index is 11.6. The molecule has 0 spiro atoms. The molecule has 0 bridgehead atoms. The van der Waals surface area contributed by atoms with Crippen molar-refractivity contribution >= 4 is 11.9 Å². The van der Waals surface area contributed by atoms with Crippen LogP contribution in [0.5, 0.6) is 0 Å². The van der Waals surface area contributed by atoms with E-state index < -0.39 is 0 Å². The topological polar surface area (TPSA) is 46.6 Å². The van der Waals surface area contributed by atoms with Crippen molar-refractivity contribution in [2.75, 3.05) is 13.1 Å². The molecule has 0 unspecified atom stereocenters. The van der Waals surface area contributed by atoms with Crippen LogP contribution < -0.4 is 0 Å². The molecule has 1 aromatic rings. The summed E-state index contributed by atoms with van der Waals surface area (Å²) in [4.78, 5) is 24.2. The molecule has 1 saturated heterocycles. The van der Waals surface area contributed by atoms with E-state index in [1.165, 1.54) is 6.92 Å². The van der Waals surface area contributed by atoms with Crippen LogP contribution in [0.4, 0.5) is 0 Å². The normalized spacial score (nSPS) is 15.2. The van der Waals surface area contributed by atoms with Gasteiger partial charge in [0.05, 0.1) is 5.92 Å². The van der Waals surface area contributed by atoms with Crippen LogP contribution in [0.25, 0.3) is 0 Å². The summed E-state index contributed by atoms with van der Waals surface area (Å²) in [5.41, 5.74) is 0.976. The van der Waals surface area contributed by atoms with Gasteiger partial charge in [-0.3, -0.25) is 9.59 Å². The van der Waals surface area contributed by atoms with Crippen molar-refractivity contribution in [3.05, 3.63) is 35.9 Å². The second kappa shape index (κ2) is 4.99. The Balaban J connectivity index is 1.74. The summed E-state index contributed by atoms with van der Waals surface area (Å²) in [5, 5.41) is 0. The second-order valence-corrected chi connectivity index (χ2v) is 4.21. The largest absolute Gasteiger partial charge is 0.460 e. The Labute approximate surface area is 100 Å². The van der Waals surface area contributed by atoms with Gasteiger partial charge in [0.2, 0.25) is 5.91 Å². The van der Waals surface area contributed by atoms with Gasteiger partial charge in [-0.1, -0.05) is 30.3 Å². The summed E-state index contributed by atoms with van der Waals surface area (Å²) in [5.74, 6) is -0.355.